The van der Waals surface area contributed by atoms with Crippen molar-refractivity contribution in [2.75, 3.05) is 20.2 Å². The Bertz CT molecular complexity index is 978. The number of methoxy groups -OCH3 is 1. The number of hydrogen-bond donors (Lipinski definition) is 2. The third kappa shape index (κ3) is 5.59. The number of nitrogens with one attached hydrogen (secondary N) is 2. The standard InChI is InChI=1S/C23H30N6O/c1-5-24-23(26-11-10-19-7-6-17(2)21(14-19)30-4)28-16-20-8-9-22(27-15-20)29-13-12-25-18(29)3/h6-9,12-15H,5,10-11,16H2,1-4H3,(H2,24,26,28). The van der Waals surface area contributed by atoms with Gasteiger partial charge < -0.3 is 15.4 Å². The first-order chi connectivity index (χ1) is 14.6. The minimum absolute atomic E-state index is 0.559. The van der Waals surface area contributed by atoms with Crippen molar-refractivity contribution < 1.29 is 4.74 Å². The molecule has 3 aromatic rings. The monoisotopic (exact) mass is 406 g/mol. The highest BCUT2D eigenvalue weighted by Crippen LogP contribution is 2.19. The Labute approximate surface area is 178 Å². The Morgan fingerprint density at radius 2 is 1.93 bits per heavy atom. The number of pyridine rings is 1. The highest BCUT2D eigenvalue weighted by atomic mass is 16.5. The average molecular weight is 407 g/mol. The number of benzene rings is 1. The van der Waals surface area contributed by atoms with Gasteiger partial charge in [-0.1, -0.05) is 18.2 Å². The van der Waals surface area contributed by atoms with Crippen molar-refractivity contribution in [1.82, 2.24) is 25.2 Å². The second kappa shape index (κ2) is 10.4. The summed E-state index contributed by atoms with van der Waals surface area (Å²) < 4.78 is 7.37. The van der Waals surface area contributed by atoms with E-state index >= 15 is 0 Å². The molecule has 2 aromatic heterocycles. The van der Waals surface area contributed by atoms with Crippen LogP contribution in [-0.4, -0.2) is 40.7 Å². The van der Waals surface area contributed by atoms with E-state index in [4.69, 9.17) is 4.74 Å². The number of guanidine groups is 1. The summed E-state index contributed by atoms with van der Waals surface area (Å²) in [6.45, 7) is 8.22. The van der Waals surface area contributed by atoms with Gasteiger partial charge in [-0.25, -0.2) is 15.0 Å². The molecule has 2 heterocycles. The molecule has 0 amide bonds. The van der Waals surface area contributed by atoms with Crippen LogP contribution in [-0.2, 0) is 13.0 Å². The van der Waals surface area contributed by atoms with Crippen molar-refractivity contribution in [3.05, 3.63) is 71.4 Å². The van der Waals surface area contributed by atoms with Crippen LogP contribution in [0.2, 0.25) is 0 Å². The van der Waals surface area contributed by atoms with Gasteiger partial charge in [0.1, 0.15) is 17.4 Å². The Kier molecular flexibility index (Phi) is 7.43. The van der Waals surface area contributed by atoms with Crippen molar-refractivity contribution >= 4 is 5.96 Å². The number of rotatable bonds is 8. The second-order valence-electron chi connectivity index (χ2n) is 7.05. The number of nitrogens with zero attached hydrogens (tertiary/aromatic N) is 4. The van der Waals surface area contributed by atoms with E-state index in [1.165, 1.54) is 5.56 Å². The molecule has 158 valence electrons. The predicted molar refractivity (Wildman–Crippen MR) is 120 cm³/mol. The van der Waals surface area contributed by atoms with Gasteiger partial charge in [0, 0.05) is 31.7 Å². The van der Waals surface area contributed by atoms with E-state index in [-0.39, 0.29) is 0 Å². The maximum Gasteiger partial charge on any atom is 0.191 e. The van der Waals surface area contributed by atoms with Crippen LogP contribution in [0, 0.1) is 13.8 Å². The maximum atomic E-state index is 5.41. The molecule has 1 aromatic carbocycles. The lowest BCUT2D eigenvalue weighted by atomic mass is 10.1. The first-order valence-electron chi connectivity index (χ1n) is 10.2. The van der Waals surface area contributed by atoms with Crippen LogP contribution >= 0.6 is 0 Å². The number of aliphatic imine (C=N–C) groups is 1. The van der Waals surface area contributed by atoms with E-state index in [0.29, 0.717) is 6.54 Å². The van der Waals surface area contributed by atoms with Crippen LogP contribution in [0.4, 0.5) is 0 Å². The van der Waals surface area contributed by atoms with Crippen LogP contribution < -0.4 is 15.4 Å². The zero-order valence-electron chi connectivity index (χ0n) is 18.1. The molecular weight excluding hydrogens is 376 g/mol. The van der Waals surface area contributed by atoms with Crippen molar-refractivity contribution in [3.63, 3.8) is 0 Å². The normalized spacial score (nSPS) is 11.4. The highest BCUT2D eigenvalue weighted by molar-refractivity contribution is 5.79. The topological polar surface area (TPSA) is 76.4 Å². The molecular formula is C23H30N6O. The van der Waals surface area contributed by atoms with Gasteiger partial charge in [0.2, 0.25) is 0 Å². The molecule has 0 bridgehead atoms. The van der Waals surface area contributed by atoms with Gasteiger partial charge in [0.05, 0.1) is 13.7 Å². The third-order valence-corrected chi connectivity index (χ3v) is 4.82. The van der Waals surface area contributed by atoms with Crippen molar-refractivity contribution in [3.8, 4) is 11.6 Å². The molecule has 0 aliphatic heterocycles. The molecule has 0 unspecified atom stereocenters. The lowest BCUT2D eigenvalue weighted by molar-refractivity contribution is 0.411. The molecule has 0 aliphatic carbocycles. The van der Waals surface area contributed by atoms with Crippen LogP contribution in [0.25, 0.3) is 5.82 Å². The molecule has 7 heteroatoms. The minimum atomic E-state index is 0.559. The Balaban J connectivity index is 1.57. The smallest absolute Gasteiger partial charge is 0.191 e. The Morgan fingerprint density at radius 3 is 2.60 bits per heavy atom. The molecule has 0 aliphatic rings. The fourth-order valence-corrected chi connectivity index (χ4v) is 3.13. The largest absolute Gasteiger partial charge is 0.496 e. The number of hydrogen-bond acceptors (Lipinski definition) is 4. The first kappa shape index (κ1) is 21.4. The molecule has 0 saturated heterocycles. The molecule has 7 nitrogen and oxygen atoms in total. The third-order valence-electron chi connectivity index (χ3n) is 4.82. The van der Waals surface area contributed by atoms with Crippen molar-refractivity contribution in [2.24, 2.45) is 4.99 Å². The summed E-state index contributed by atoms with van der Waals surface area (Å²) in [5, 5.41) is 6.69. The minimum Gasteiger partial charge on any atom is -0.496 e. The highest BCUT2D eigenvalue weighted by Gasteiger charge is 2.04. The van der Waals surface area contributed by atoms with Crippen molar-refractivity contribution in [1.29, 1.82) is 0 Å². The lowest BCUT2D eigenvalue weighted by Crippen LogP contribution is -2.38. The molecule has 0 atom stereocenters. The molecule has 0 saturated carbocycles. The Morgan fingerprint density at radius 1 is 1.10 bits per heavy atom. The van der Waals surface area contributed by atoms with E-state index < -0.39 is 0 Å². The van der Waals surface area contributed by atoms with E-state index in [1.54, 1.807) is 13.3 Å². The van der Waals surface area contributed by atoms with Gasteiger partial charge >= 0.3 is 0 Å². The summed E-state index contributed by atoms with van der Waals surface area (Å²) >= 11 is 0. The van der Waals surface area contributed by atoms with Gasteiger partial charge in [-0.15, -0.1) is 0 Å². The average Bonchev–Trinajstić information content (AvgIpc) is 3.19. The number of ether oxygens (including phenoxy) is 1. The van der Waals surface area contributed by atoms with Crippen LogP contribution in [0.5, 0.6) is 5.75 Å². The summed E-state index contributed by atoms with van der Waals surface area (Å²) in [4.78, 5) is 13.5. The zero-order valence-corrected chi connectivity index (χ0v) is 18.1. The van der Waals surface area contributed by atoms with E-state index in [1.807, 2.05) is 36.0 Å². The van der Waals surface area contributed by atoms with Gasteiger partial charge in [0.15, 0.2) is 5.96 Å². The molecule has 0 radical (unpaired) electrons. The summed E-state index contributed by atoms with van der Waals surface area (Å²) in [6, 6.07) is 10.4. The lowest BCUT2D eigenvalue weighted by Gasteiger charge is -2.12. The van der Waals surface area contributed by atoms with Crippen LogP contribution in [0.3, 0.4) is 0 Å². The number of aromatic nitrogens is 3. The van der Waals surface area contributed by atoms with Gasteiger partial charge in [-0.2, -0.15) is 0 Å². The quantitative estimate of drug-likeness (QED) is 0.444. The molecule has 3 rings (SSSR count). The van der Waals surface area contributed by atoms with E-state index in [9.17, 15) is 0 Å². The summed E-state index contributed by atoms with van der Waals surface area (Å²) in [7, 11) is 1.71. The molecule has 0 spiro atoms. The fourth-order valence-electron chi connectivity index (χ4n) is 3.13. The van der Waals surface area contributed by atoms with Crippen molar-refractivity contribution in [2.45, 2.75) is 33.7 Å². The summed E-state index contributed by atoms with van der Waals surface area (Å²) in [6.07, 6.45) is 6.44. The summed E-state index contributed by atoms with van der Waals surface area (Å²) in [5.41, 5.74) is 3.43. The first-order valence-corrected chi connectivity index (χ1v) is 10.2. The number of imidazole rings is 1. The van der Waals surface area contributed by atoms with Crippen LogP contribution in [0.15, 0.2) is 53.9 Å². The molecule has 30 heavy (non-hydrogen) atoms. The van der Waals surface area contributed by atoms with Crippen LogP contribution in [0.1, 0.15) is 29.4 Å². The van der Waals surface area contributed by atoms with Gasteiger partial charge in [-0.3, -0.25) is 4.57 Å². The molecule has 2 N–H and O–H groups in total. The van der Waals surface area contributed by atoms with Gasteiger partial charge in [0.25, 0.3) is 0 Å². The Hall–Kier alpha value is -3.35. The fraction of sp³-hybridized carbons (Fsp3) is 0.348. The predicted octanol–water partition coefficient (Wildman–Crippen LogP) is 3.19. The second-order valence-corrected chi connectivity index (χ2v) is 7.05. The zero-order chi connectivity index (χ0) is 21.3. The number of aryl methyl sites for hydroxylation is 2. The SMILES string of the molecule is CCNC(=NCc1ccc(-n2ccnc2C)nc1)NCCc1ccc(C)c(OC)c1. The van der Waals surface area contributed by atoms with E-state index in [0.717, 1.165) is 54.0 Å². The maximum absolute atomic E-state index is 5.41. The van der Waals surface area contributed by atoms with Gasteiger partial charge in [-0.05, 0) is 56.0 Å². The molecule has 0 fully saturated rings. The summed E-state index contributed by atoms with van der Waals surface area (Å²) in [5.74, 6) is 3.50. The van der Waals surface area contributed by atoms with E-state index in [2.05, 4.69) is 57.6 Å².